The molecule has 0 spiro atoms. The number of carbonyl (C=O) groups excluding carboxylic acids is 1. The zero-order valence-electron chi connectivity index (χ0n) is 12.0. The molecule has 1 aromatic carbocycles. The number of carbonyl (C=O) groups is 1. The van der Waals surface area contributed by atoms with Crippen molar-refractivity contribution < 1.29 is 9.53 Å². The maximum atomic E-state index is 12.0. The second kappa shape index (κ2) is 6.95. The summed E-state index contributed by atoms with van der Waals surface area (Å²) in [5.41, 5.74) is 1.15. The van der Waals surface area contributed by atoms with E-state index in [0.29, 0.717) is 0 Å². The summed E-state index contributed by atoms with van der Waals surface area (Å²) >= 11 is 5.89. The lowest BCUT2D eigenvalue weighted by Gasteiger charge is -2.36. The number of benzene rings is 1. The Balaban J connectivity index is 1.83. The van der Waals surface area contributed by atoms with Crippen LogP contribution < -0.4 is 4.90 Å². The van der Waals surface area contributed by atoms with E-state index in [4.69, 9.17) is 16.3 Å². The molecule has 0 atom stereocenters. The highest BCUT2D eigenvalue weighted by Crippen LogP contribution is 2.19. The molecule has 1 aromatic rings. The number of halogens is 1. The average Bonchev–Trinajstić information content (AvgIpc) is 2.46. The van der Waals surface area contributed by atoms with Crippen LogP contribution in [0.3, 0.4) is 0 Å². The third kappa shape index (κ3) is 4.12. The fourth-order valence-electron chi connectivity index (χ4n) is 2.20. The molecule has 5 heteroatoms. The van der Waals surface area contributed by atoms with E-state index in [1.807, 2.05) is 43.0 Å². The Morgan fingerprint density at radius 1 is 1.20 bits per heavy atom. The number of nitrogens with zero attached hydrogens (tertiary/aromatic N) is 2. The van der Waals surface area contributed by atoms with Crippen LogP contribution in [0.5, 0.6) is 0 Å². The fourth-order valence-corrected chi connectivity index (χ4v) is 2.32. The highest BCUT2D eigenvalue weighted by Gasteiger charge is 2.21. The van der Waals surface area contributed by atoms with Gasteiger partial charge in [0.1, 0.15) is 6.61 Å². The first-order chi connectivity index (χ1) is 9.56. The minimum atomic E-state index is 0.0782. The largest absolute Gasteiger partial charge is 0.369 e. The Kier molecular flexibility index (Phi) is 5.26. The molecule has 1 saturated heterocycles. The Labute approximate surface area is 125 Å². The van der Waals surface area contributed by atoms with Crippen molar-refractivity contribution in [2.24, 2.45) is 0 Å². The molecule has 0 saturated carbocycles. The van der Waals surface area contributed by atoms with E-state index in [2.05, 4.69) is 4.90 Å². The monoisotopic (exact) mass is 296 g/mol. The van der Waals surface area contributed by atoms with Crippen molar-refractivity contribution in [1.82, 2.24) is 4.90 Å². The summed E-state index contributed by atoms with van der Waals surface area (Å²) in [6.45, 7) is 7.21. The first-order valence-electron chi connectivity index (χ1n) is 6.96. The molecule has 1 aliphatic heterocycles. The second-order valence-corrected chi connectivity index (χ2v) is 5.64. The average molecular weight is 297 g/mol. The van der Waals surface area contributed by atoms with Gasteiger partial charge >= 0.3 is 0 Å². The summed E-state index contributed by atoms with van der Waals surface area (Å²) in [5, 5.41) is 0.744. The summed E-state index contributed by atoms with van der Waals surface area (Å²) in [5.74, 6) is 0.0782. The molecule has 1 amide bonds. The molecular weight excluding hydrogens is 276 g/mol. The molecule has 1 aliphatic rings. The van der Waals surface area contributed by atoms with Gasteiger partial charge < -0.3 is 14.5 Å². The zero-order chi connectivity index (χ0) is 14.5. The minimum absolute atomic E-state index is 0.0782. The minimum Gasteiger partial charge on any atom is -0.369 e. The van der Waals surface area contributed by atoms with Gasteiger partial charge in [0.25, 0.3) is 0 Å². The summed E-state index contributed by atoms with van der Waals surface area (Å²) in [6.07, 6.45) is 0.0920. The predicted molar refractivity (Wildman–Crippen MR) is 81.3 cm³/mol. The Bertz CT molecular complexity index is 440. The fraction of sp³-hybridized carbons (Fsp3) is 0.533. The topological polar surface area (TPSA) is 32.8 Å². The van der Waals surface area contributed by atoms with E-state index in [9.17, 15) is 4.79 Å². The van der Waals surface area contributed by atoms with Crippen molar-refractivity contribution in [2.45, 2.75) is 20.0 Å². The quantitative estimate of drug-likeness (QED) is 0.855. The molecule has 0 aromatic heterocycles. The van der Waals surface area contributed by atoms with Gasteiger partial charge in [-0.15, -0.1) is 0 Å². The number of ether oxygens (including phenoxy) is 1. The zero-order valence-corrected chi connectivity index (χ0v) is 12.8. The van der Waals surface area contributed by atoms with E-state index >= 15 is 0 Å². The summed E-state index contributed by atoms with van der Waals surface area (Å²) in [6, 6.07) is 7.82. The number of rotatable bonds is 4. The molecule has 0 N–H and O–H groups in total. The summed E-state index contributed by atoms with van der Waals surface area (Å²) in [7, 11) is 0. The van der Waals surface area contributed by atoms with E-state index < -0.39 is 0 Å². The number of hydrogen-bond donors (Lipinski definition) is 0. The molecular formula is C15H21ClN2O2. The van der Waals surface area contributed by atoms with Crippen LogP contribution in [0.15, 0.2) is 24.3 Å². The number of piperazine rings is 1. The standard InChI is InChI=1S/C15H21ClN2O2/c1-12(2)20-11-15(19)18-9-7-17(8-10-18)14-5-3-13(16)4-6-14/h3-6,12H,7-11H2,1-2H3. The van der Waals surface area contributed by atoms with Gasteiger partial charge in [-0.25, -0.2) is 0 Å². The van der Waals surface area contributed by atoms with E-state index in [-0.39, 0.29) is 18.6 Å². The van der Waals surface area contributed by atoms with Gasteiger partial charge in [-0.1, -0.05) is 11.6 Å². The van der Waals surface area contributed by atoms with Crippen molar-refractivity contribution in [3.8, 4) is 0 Å². The Morgan fingerprint density at radius 2 is 1.80 bits per heavy atom. The molecule has 0 radical (unpaired) electrons. The SMILES string of the molecule is CC(C)OCC(=O)N1CCN(c2ccc(Cl)cc2)CC1. The lowest BCUT2D eigenvalue weighted by atomic mass is 10.2. The molecule has 0 bridgehead atoms. The summed E-state index contributed by atoms with van der Waals surface area (Å²) < 4.78 is 5.36. The normalized spacial score (nSPS) is 15.8. The summed E-state index contributed by atoms with van der Waals surface area (Å²) in [4.78, 5) is 16.1. The van der Waals surface area contributed by atoms with E-state index in [0.717, 1.165) is 36.9 Å². The van der Waals surface area contributed by atoms with Gasteiger partial charge in [-0.05, 0) is 38.1 Å². The second-order valence-electron chi connectivity index (χ2n) is 5.20. The third-order valence-electron chi connectivity index (χ3n) is 3.36. The van der Waals surface area contributed by atoms with Crippen LogP contribution in [0, 0.1) is 0 Å². The van der Waals surface area contributed by atoms with E-state index in [1.165, 1.54) is 0 Å². The smallest absolute Gasteiger partial charge is 0.248 e. The van der Waals surface area contributed by atoms with Crippen LogP contribution in [0.2, 0.25) is 5.02 Å². The molecule has 4 nitrogen and oxygen atoms in total. The molecule has 0 unspecified atom stereocenters. The first kappa shape index (κ1) is 15.1. The van der Waals surface area contributed by atoms with Gasteiger partial charge in [-0.2, -0.15) is 0 Å². The Morgan fingerprint density at radius 3 is 2.35 bits per heavy atom. The van der Waals surface area contributed by atoms with Gasteiger partial charge in [0.2, 0.25) is 5.91 Å². The Hall–Kier alpha value is -1.26. The van der Waals surface area contributed by atoms with Gasteiger partial charge in [0, 0.05) is 36.9 Å². The van der Waals surface area contributed by atoms with Crippen LogP contribution in [-0.4, -0.2) is 49.7 Å². The highest BCUT2D eigenvalue weighted by atomic mass is 35.5. The lowest BCUT2D eigenvalue weighted by molar-refractivity contribution is -0.137. The van der Waals surface area contributed by atoms with Crippen LogP contribution in [0.25, 0.3) is 0 Å². The number of anilines is 1. The maximum absolute atomic E-state index is 12.0. The van der Waals surface area contributed by atoms with E-state index in [1.54, 1.807) is 0 Å². The van der Waals surface area contributed by atoms with Crippen LogP contribution >= 0.6 is 11.6 Å². The van der Waals surface area contributed by atoms with Crippen molar-refractivity contribution in [1.29, 1.82) is 0 Å². The van der Waals surface area contributed by atoms with Crippen molar-refractivity contribution >= 4 is 23.2 Å². The van der Waals surface area contributed by atoms with Gasteiger partial charge in [0.15, 0.2) is 0 Å². The van der Waals surface area contributed by atoms with Gasteiger partial charge in [0.05, 0.1) is 6.10 Å². The number of hydrogen-bond acceptors (Lipinski definition) is 3. The first-order valence-corrected chi connectivity index (χ1v) is 7.34. The van der Waals surface area contributed by atoms with Gasteiger partial charge in [-0.3, -0.25) is 4.79 Å². The van der Waals surface area contributed by atoms with Crippen LogP contribution in [0.1, 0.15) is 13.8 Å². The molecule has 1 fully saturated rings. The highest BCUT2D eigenvalue weighted by molar-refractivity contribution is 6.30. The molecule has 2 rings (SSSR count). The van der Waals surface area contributed by atoms with Crippen LogP contribution in [-0.2, 0) is 9.53 Å². The lowest BCUT2D eigenvalue weighted by Crippen LogP contribution is -2.49. The molecule has 0 aliphatic carbocycles. The predicted octanol–water partition coefficient (Wildman–Crippen LogP) is 2.41. The third-order valence-corrected chi connectivity index (χ3v) is 3.62. The number of amides is 1. The molecule has 20 heavy (non-hydrogen) atoms. The van der Waals surface area contributed by atoms with Crippen molar-refractivity contribution in [3.05, 3.63) is 29.3 Å². The van der Waals surface area contributed by atoms with Crippen molar-refractivity contribution in [2.75, 3.05) is 37.7 Å². The molecule has 110 valence electrons. The maximum Gasteiger partial charge on any atom is 0.248 e. The molecule has 1 heterocycles. The van der Waals surface area contributed by atoms with Crippen molar-refractivity contribution in [3.63, 3.8) is 0 Å². The van der Waals surface area contributed by atoms with Crippen LogP contribution in [0.4, 0.5) is 5.69 Å².